The van der Waals surface area contributed by atoms with Crippen LogP contribution in [0.15, 0.2) is 12.3 Å². The lowest BCUT2D eigenvalue weighted by Crippen LogP contribution is -2.05. The van der Waals surface area contributed by atoms with E-state index in [0.717, 1.165) is 17.7 Å². The first-order valence-electron chi connectivity index (χ1n) is 4.94. The summed E-state index contributed by atoms with van der Waals surface area (Å²) in [5.74, 6) is 2.20. The summed E-state index contributed by atoms with van der Waals surface area (Å²) in [6.07, 6.45) is 2.31. The number of carbonyl (C=O) groups is 1. The van der Waals surface area contributed by atoms with E-state index in [4.69, 9.17) is 0 Å². The molecule has 5 nitrogen and oxygen atoms in total. The van der Waals surface area contributed by atoms with E-state index in [0.29, 0.717) is 17.2 Å². The largest absolute Gasteiger partial charge is 0.298 e. The molecule has 16 heavy (non-hydrogen) atoms. The number of pyridine rings is 1. The smallest absolute Gasteiger partial charge is 0.158 e. The Bertz CT molecular complexity index is 545. The number of hydrogen-bond donors (Lipinski definition) is 0. The number of aromatic nitrogens is 4. The lowest BCUT2D eigenvalue weighted by Gasteiger charge is -2.05. The SMILES string of the molecule is Cc1nc(C)n(-c2ncc(C=O)cc2C)n1. The number of aldehydes is 1. The van der Waals surface area contributed by atoms with Crippen molar-refractivity contribution in [1.29, 1.82) is 0 Å². The maximum atomic E-state index is 10.6. The van der Waals surface area contributed by atoms with E-state index >= 15 is 0 Å². The molecule has 2 rings (SSSR count). The van der Waals surface area contributed by atoms with Crippen molar-refractivity contribution in [2.45, 2.75) is 20.8 Å². The minimum absolute atomic E-state index is 0.566. The van der Waals surface area contributed by atoms with Crippen molar-refractivity contribution in [2.75, 3.05) is 0 Å². The topological polar surface area (TPSA) is 60.7 Å². The van der Waals surface area contributed by atoms with Gasteiger partial charge in [0.15, 0.2) is 12.1 Å². The Labute approximate surface area is 93.2 Å². The van der Waals surface area contributed by atoms with E-state index in [1.54, 1.807) is 10.7 Å². The van der Waals surface area contributed by atoms with Gasteiger partial charge in [0.25, 0.3) is 0 Å². The highest BCUT2D eigenvalue weighted by Gasteiger charge is 2.09. The first-order chi connectivity index (χ1) is 7.61. The van der Waals surface area contributed by atoms with Crippen LogP contribution >= 0.6 is 0 Å². The second-order valence-electron chi connectivity index (χ2n) is 3.65. The van der Waals surface area contributed by atoms with Crippen molar-refractivity contribution in [2.24, 2.45) is 0 Å². The van der Waals surface area contributed by atoms with Crippen molar-refractivity contribution in [3.8, 4) is 5.82 Å². The Morgan fingerprint density at radius 2 is 2.06 bits per heavy atom. The quantitative estimate of drug-likeness (QED) is 0.712. The van der Waals surface area contributed by atoms with Gasteiger partial charge in [-0.2, -0.15) is 4.68 Å². The fourth-order valence-electron chi connectivity index (χ4n) is 1.60. The molecule has 0 atom stereocenters. The lowest BCUT2D eigenvalue weighted by atomic mass is 10.2. The van der Waals surface area contributed by atoms with Gasteiger partial charge >= 0.3 is 0 Å². The van der Waals surface area contributed by atoms with Crippen LogP contribution < -0.4 is 0 Å². The fraction of sp³-hybridized carbons (Fsp3) is 0.273. The Morgan fingerprint density at radius 1 is 1.31 bits per heavy atom. The molecule has 0 unspecified atom stereocenters. The van der Waals surface area contributed by atoms with Crippen molar-refractivity contribution in [3.63, 3.8) is 0 Å². The van der Waals surface area contributed by atoms with E-state index in [1.165, 1.54) is 6.20 Å². The molecular formula is C11H12N4O. The zero-order valence-corrected chi connectivity index (χ0v) is 9.43. The highest BCUT2D eigenvalue weighted by molar-refractivity contribution is 5.74. The Kier molecular flexibility index (Phi) is 2.52. The van der Waals surface area contributed by atoms with Crippen molar-refractivity contribution in [3.05, 3.63) is 35.0 Å². The first-order valence-corrected chi connectivity index (χ1v) is 4.94. The van der Waals surface area contributed by atoms with Gasteiger partial charge in [0.1, 0.15) is 11.6 Å². The highest BCUT2D eigenvalue weighted by Crippen LogP contribution is 2.12. The zero-order valence-electron chi connectivity index (χ0n) is 9.43. The molecule has 0 aromatic carbocycles. The molecule has 0 spiro atoms. The molecule has 0 saturated heterocycles. The summed E-state index contributed by atoms with van der Waals surface area (Å²) in [6.45, 7) is 5.60. The van der Waals surface area contributed by atoms with Crippen LogP contribution in [0.2, 0.25) is 0 Å². The Morgan fingerprint density at radius 3 is 2.56 bits per heavy atom. The molecule has 5 heteroatoms. The second-order valence-corrected chi connectivity index (χ2v) is 3.65. The van der Waals surface area contributed by atoms with Crippen LogP contribution in [0.25, 0.3) is 5.82 Å². The number of carbonyl (C=O) groups excluding carboxylic acids is 1. The first kappa shape index (κ1) is 10.5. The number of hydrogen-bond acceptors (Lipinski definition) is 4. The summed E-state index contributed by atoms with van der Waals surface area (Å²) in [6, 6.07) is 1.78. The van der Waals surface area contributed by atoms with Crippen LogP contribution in [-0.4, -0.2) is 26.0 Å². The summed E-state index contributed by atoms with van der Waals surface area (Å²) in [5, 5.41) is 4.25. The Hall–Kier alpha value is -2.04. The second kappa shape index (κ2) is 3.84. The van der Waals surface area contributed by atoms with E-state index in [1.807, 2.05) is 20.8 Å². The van der Waals surface area contributed by atoms with Gasteiger partial charge in [-0.3, -0.25) is 4.79 Å². The van der Waals surface area contributed by atoms with Crippen molar-refractivity contribution in [1.82, 2.24) is 19.7 Å². The van der Waals surface area contributed by atoms with Gasteiger partial charge in [-0.05, 0) is 32.4 Å². The van der Waals surface area contributed by atoms with Crippen molar-refractivity contribution < 1.29 is 4.79 Å². The molecule has 0 saturated carbocycles. The van der Waals surface area contributed by atoms with Gasteiger partial charge in [0, 0.05) is 11.8 Å². The molecule has 0 radical (unpaired) electrons. The molecule has 0 aliphatic carbocycles. The van der Waals surface area contributed by atoms with E-state index < -0.39 is 0 Å². The van der Waals surface area contributed by atoms with E-state index in [9.17, 15) is 4.79 Å². The average molecular weight is 216 g/mol. The molecule has 0 bridgehead atoms. The van der Waals surface area contributed by atoms with Gasteiger partial charge in [-0.15, -0.1) is 5.10 Å². The van der Waals surface area contributed by atoms with E-state index in [-0.39, 0.29) is 0 Å². The molecule has 0 aliphatic heterocycles. The van der Waals surface area contributed by atoms with Crippen LogP contribution in [0, 0.1) is 20.8 Å². The molecule has 82 valence electrons. The standard InChI is InChI=1S/C11H12N4O/c1-7-4-10(6-16)5-12-11(7)15-9(3)13-8(2)14-15/h4-6H,1-3H3. The summed E-state index contributed by atoms with van der Waals surface area (Å²) in [5.41, 5.74) is 1.47. The van der Waals surface area contributed by atoms with Gasteiger partial charge in [0.05, 0.1) is 0 Å². The molecule has 2 aromatic heterocycles. The van der Waals surface area contributed by atoms with Gasteiger partial charge < -0.3 is 0 Å². The van der Waals surface area contributed by atoms with Crippen molar-refractivity contribution >= 4 is 6.29 Å². The predicted octanol–water partition coefficient (Wildman–Crippen LogP) is 1.40. The third kappa shape index (κ3) is 1.71. The maximum absolute atomic E-state index is 10.6. The average Bonchev–Trinajstić information content (AvgIpc) is 2.57. The number of rotatable bonds is 2. The summed E-state index contributed by atoms with van der Waals surface area (Å²) >= 11 is 0. The molecule has 2 heterocycles. The molecule has 2 aromatic rings. The summed E-state index contributed by atoms with van der Waals surface area (Å²) in [7, 11) is 0. The summed E-state index contributed by atoms with van der Waals surface area (Å²) in [4.78, 5) is 19.0. The van der Waals surface area contributed by atoms with Crippen LogP contribution in [0.3, 0.4) is 0 Å². The minimum Gasteiger partial charge on any atom is -0.298 e. The van der Waals surface area contributed by atoms with Crippen LogP contribution in [0.5, 0.6) is 0 Å². The lowest BCUT2D eigenvalue weighted by molar-refractivity contribution is 0.112. The number of aryl methyl sites for hydroxylation is 3. The monoisotopic (exact) mass is 216 g/mol. The normalized spacial score (nSPS) is 10.4. The third-order valence-corrected chi connectivity index (χ3v) is 2.28. The van der Waals surface area contributed by atoms with Gasteiger partial charge in [-0.1, -0.05) is 0 Å². The minimum atomic E-state index is 0.566. The Balaban J connectivity index is 2.56. The highest BCUT2D eigenvalue weighted by atomic mass is 16.1. The molecular weight excluding hydrogens is 204 g/mol. The summed E-state index contributed by atoms with van der Waals surface area (Å²) < 4.78 is 1.68. The molecule has 0 fully saturated rings. The van der Waals surface area contributed by atoms with Gasteiger partial charge in [-0.25, -0.2) is 9.97 Å². The predicted molar refractivity (Wildman–Crippen MR) is 58.8 cm³/mol. The van der Waals surface area contributed by atoms with Crippen LogP contribution in [-0.2, 0) is 0 Å². The maximum Gasteiger partial charge on any atom is 0.158 e. The third-order valence-electron chi connectivity index (χ3n) is 2.28. The van der Waals surface area contributed by atoms with E-state index in [2.05, 4.69) is 15.1 Å². The van der Waals surface area contributed by atoms with Crippen LogP contribution in [0.4, 0.5) is 0 Å². The van der Waals surface area contributed by atoms with Gasteiger partial charge in [0.2, 0.25) is 0 Å². The molecule has 0 N–H and O–H groups in total. The zero-order chi connectivity index (χ0) is 11.7. The molecule has 0 amide bonds. The number of nitrogens with zero attached hydrogens (tertiary/aromatic N) is 4. The molecule has 0 aliphatic rings. The fourth-order valence-corrected chi connectivity index (χ4v) is 1.60. The van der Waals surface area contributed by atoms with Crippen LogP contribution in [0.1, 0.15) is 27.6 Å².